The molecule has 0 radical (unpaired) electrons. The standard InChI is InChI=1S/C16H22ClN3/c1-4-10-20-16(14(17)11-19-20)15(18-5-2)13-9-7-6-8-12(13)3/h6-9,11,15,18H,4-5,10H2,1-3H3. The molecule has 1 unspecified atom stereocenters. The van der Waals surface area contributed by atoms with E-state index in [1.807, 2.05) is 4.68 Å². The molecule has 1 aromatic carbocycles. The Kier molecular flexibility index (Phi) is 5.21. The molecule has 0 spiro atoms. The van der Waals surface area contributed by atoms with Crippen molar-refractivity contribution in [3.05, 3.63) is 52.3 Å². The quantitative estimate of drug-likeness (QED) is 0.873. The first-order valence-corrected chi connectivity index (χ1v) is 7.56. The van der Waals surface area contributed by atoms with E-state index in [9.17, 15) is 0 Å². The first-order chi connectivity index (χ1) is 9.69. The van der Waals surface area contributed by atoms with Gasteiger partial charge in [0.05, 0.1) is 23.0 Å². The van der Waals surface area contributed by atoms with Gasteiger partial charge in [0, 0.05) is 6.54 Å². The Morgan fingerprint density at radius 1 is 1.30 bits per heavy atom. The highest BCUT2D eigenvalue weighted by molar-refractivity contribution is 6.31. The Balaban J connectivity index is 2.49. The van der Waals surface area contributed by atoms with Crippen LogP contribution in [-0.4, -0.2) is 16.3 Å². The highest BCUT2D eigenvalue weighted by Crippen LogP contribution is 2.30. The summed E-state index contributed by atoms with van der Waals surface area (Å²) in [6, 6.07) is 8.51. The fraction of sp³-hybridized carbons (Fsp3) is 0.438. The predicted molar refractivity (Wildman–Crippen MR) is 84.2 cm³/mol. The summed E-state index contributed by atoms with van der Waals surface area (Å²) in [6.45, 7) is 8.16. The molecule has 2 aromatic rings. The Morgan fingerprint density at radius 3 is 2.70 bits per heavy atom. The predicted octanol–water partition coefficient (Wildman–Crippen LogP) is 3.95. The Morgan fingerprint density at radius 2 is 2.05 bits per heavy atom. The van der Waals surface area contributed by atoms with Gasteiger partial charge in [-0.25, -0.2) is 0 Å². The van der Waals surface area contributed by atoms with Gasteiger partial charge in [0.15, 0.2) is 0 Å². The van der Waals surface area contributed by atoms with E-state index in [1.54, 1.807) is 6.20 Å². The van der Waals surface area contributed by atoms with Crippen molar-refractivity contribution >= 4 is 11.6 Å². The second kappa shape index (κ2) is 6.91. The molecule has 20 heavy (non-hydrogen) atoms. The second-order valence-corrected chi connectivity index (χ2v) is 5.36. The summed E-state index contributed by atoms with van der Waals surface area (Å²) in [5, 5.41) is 8.67. The number of aromatic nitrogens is 2. The van der Waals surface area contributed by atoms with Gasteiger partial charge < -0.3 is 5.32 Å². The number of nitrogens with one attached hydrogen (secondary N) is 1. The first-order valence-electron chi connectivity index (χ1n) is 7.19. The molecular weight excluding hydrogens is 270 g/mol. The molecule has 0 aliphatic heterocycles. The lowest BCUT2D eigenvalue weighted by Gasteiger charge is -2.22. The molecule has 0 aliphatic rings. The van der Waals surface area contributed by atoms with Crippen molar-refractivity contribution in [2.45, 2.75) is 39.8 Å². The zero-order valence-electron chi connectivity index (χ0n) is 12.4. The topological polar surface area (TPSA) is 29.9 Å². The third-order valence-electron chi connectivity index (χ3n) is 3.45. The summed E-state index contributed by atoms with van der Waals surface area (Å²) in [5.41, 5.74) is 3.58. The minimum absolute atomic E-state index is 0.0859. The number of rotatable bonds is 6. The van der Waals surface area contributed by atoms with Crippen LogP contribution in [0.1, 0.15) is 43.1 Å². The monoisotopic (exact) mass is 291 g/mol. The van der Waals surface area contributed by atoms with Gasteiger partial charge in [0.1, 0.15) is 0 Å². The van der Waals surface area contributed by atoms with Gasteiger partial charge in [-0.05, 0) is 31.0 Å². The largest absolute Gasteiger partial charge is 0.305 e. The Labute approximate surface area is 126 Å². The van der Waals surface area contributed by atoms with Crippen LogP contribution in [0.5, 0.6) is 0 Å². The van der Waals surface area contributed by atoms with Crippen molar-refractivity contribution < 1.29 is 0 Å². The molecule has 0 amide bonds. The molecule has 3 nitrogen and oxygen atoms in total. The lowest BCUT2D eigenvalue weighted by molar-refractivity contribution is 0.519. The van der Waals surface area contributed by atoms with Gasteiger partial charge >= 0.3 is 0 Å². The van der Waals surface area contributed by atoms with Crippen LogP contribution in [0.2, 0.25) is 5.02 Å². The van der Waals surface area contributed by atoms with E-state index < -0.39 is 0 Å². The van der Waals surface area contributed by atoms with Crippen molar-refractivity contribution in [3.63, 3.8) is 0 Å². The maximum atomic E-state index is 6.39. The molecular formula is C16H22ClN3. The van der Waals surface area contributed by atoms with Gasteiger partial charge in [-0.1, -0.05) is 49.7 Å². The molecule has 1 aromatic heterocycles. The van der Waals surface area contributed by atoms with E-state index in [2.05, 4.69) is 55.5 Å². The Hall–Kier alpha value is -1.32. The van der Waals surface area contributed by atoms with Crippen molar-refractivity contribution in [2.24, 2.45) is 0 Å². The molecule has 0 fully saturated rings. The van der Waals surface area contributed by atoms with Crippen LogP contribution in [0, 0.1) is 6.92 Å². The third kappa shape index (κ3) is 3.05. The molecule has 0 bridgehead atoms. The third-order valence-corrected chi connectivity index (χ3v) is 3.74. The summed E-state index contributed by atoms with van der Waals surface area (Å²) in [6.07, 6.45) is 2.78. The number of nitrogens with zero attached hydrogens (tertiary/aromatic N) is 2. The molecule has 1 atom stereocenters. The van der Waals surface area contributed by atoms with Gasteiger partial charge in [-0.3, -0.25) is 4.68 Å². The zero-order chi connectivity index (χ0) is 14.5. The first kappa shape index (κ1) is 15.1. The SMILES string of the molecule is CCCn1ncc(Cl)c1C(NCC)c1ccccc1C. The summed E-state index contributed by atoms with van der Waals surface area (Å²) >= 11 is 6.39. The number of halogens is 1. The highest BCUT2D eigenvalue weighted by Gasteiger charge is 2.22. The normalized spacial score (nSPS) is 12.6. The van der Waals surface area contributed by atoms with Crippen molar-refractivity contribution in [2.75, 3.05) is 6.54 Å². The second-order valence-electron chi connectivity index (χ2n) is 4.95. The maximum absolute atomic E-state index is 6.39. The van der Waals surface area contributed by atoms with E-state index in [-0.39, 0.29) is 6.04 Å². The minimum Gasteiger partial charge on any atom is -0.305 e. The van der Waals surface area contributed by atoms with Crippen LogP contribution in [0.3, 0.4) is 0 Å². The average molecular weight is 292 g/mol. The van der Waals surface area contributed by atoms with Crippen LogP contribution in [0.25, 0.3) is 0 Å². The van der Waals surface area contributed by atoms with Gasteiger partial charge in [0.2, 0.25) is 0 Å². The smallest absolute Gasteiger partial charge is 0.0837 e. The number of aryl methyl sites for hydroxylation is 2. The van der Waals surface area contributed by atoms with Crippen molar-refractivity contribution in [1.29, 1.82) is 0 Å². The molecule has 0 aliphatic carbocycles. The molecule has 1 heterocycles. The molecule has 0 saturated carbocycles. The molecule has 2 rings (SSSR count). The van der Waals surface area contributed by atoms with Crippen LogP contribution in [0.4, 0.5) is 0 Å². The van der Waals surface area contributed by atoms with Crippen LogP contribution < -0.4 is 5.32 Å². The van der Waals surface area contributed by atoms with E-state index >= 15 is 0 Å². The molecule has 108 valence electrons. The van der Waals surface area contributed by atoms with Crippen LogP contribution >= 0.6 is 11.6 Å². The van der Waals surface area contributed by atoms with Gasteiger partial charge in [-0.2, -0.15) is 5.10 Å². The number of benzene rings is 1. The number of hydrogen-bond acceptors (Lipinski definition) is 2. The highest BCUT2D eigenvalue weighted by atomic mass is 35.5. The summed E-state index contributed by atoms with van der Waals surface area (Å²) < 4.78 is 2.02. The molecule has 0 saturated heterocycles. The van der Waals surface area contributed by atoms with Crippen molar-refractivity contribution in [1.82, 2.24) is 15.1 Å². The van der Waals surface area contributed by atoms with Crippen molar-refractivity contribution in [3.8, 4) is 0 Å². The fourth-order valence-corrected chi connectivity index (χ4v) is 2.77. The molecule has 4 heteroatoms. The van der Waals surface area contributed by atoms with E-state index in [1.165, 1.54) is 11.1 Å². The summed E-state index contributed by atoms with van der Waals surface area (Å²) in [5.74, 6) is 0. The fourth-order valence-electron chi connectivity index (χ4n) is 2.52. The number of hydrogen-bond donors (Lipinski definition) is 1. The molecule has 1 N–H and O–H groups in total. The zero-order valence-corrected chi connectivity index (χ0v) is 13.1. The summed E-state index contributed by atoms with van der Waals surface area (Å²) in [7, 11) is 0. The lowest BCUT2D eigenvalue weighted by Crippen LogP contribution is -2.26. The average Bonchev–Trinajstić information content (AvgIpc) is 2.79. The van der Waals surface area contributed by atoms with E-state index in [0.717, 1.165) is 30.2 Å². The van der Waals surface area contributed by atoms with Gasteiger partial charge in [0.25, 0.3) is 0 Å². The van der Waals surface area contributed by atoms with Crippen LogP contribution in [0.15, 0.2) is 30.5 Å². The van der Waals surface area contributed by atoms with E-state index in [0.29, 0.717) is 0 Å². The van der Waals surface area contributed by atoms with E-state index in [4.69, 9.17) is 11.6 Å². The van der Waals surface area contributed by atoms with Gasteiger partial charge in [-0.15, -0.1) is 0 Å². The van der Waals surface area contributed by atoms with Crippen LogP contribution in [-0.2, 0) is 6.54 Å². The minimum atomic E-state index is 0.0859. The lowest BCUT2D eigenvalue weighted by atomic mass is 9.98. The summed E-state index contributed by atoms with van der Waals surface area (Å²) in [4.78, 5) is 0. The Bertz CT molecular complexity index is 563. The maximum Gasteiger partial charge on any atom is 0.0837 e.